The molecular formula is C16H24N2O3. The highest BCUT2D eigenvalue weighted by atomic mass is 16.3. The highest BCUT2D eigenvalue weighted by Gasteiger charge is 2.39. The van der Waals surface area contributed by atoms with Crippen molar-refractivity contribution in [3.05, 3.63) is 24.2 Å². The van der Waals surface area contributed by atoms with Crippen LogP contribution in [-0.4, -0.2) is 29.8 Å². The number of nitrogens with one attached hydrogen (secondary N) is 1. The van der Waals surface area contributed by atoms with Gasteiger partial charge in [-0.1, -0.05) is 6.92 Å². The van der Waals surface area contributed by atoms with Crippen molar-refractivity contribution < 1.29 is 14.0 Å². The summed E-state index contributed by atoms with van der Waals surface area (Å²) in [5, 5.41) is 2.77. The number of likely N-dealkylation sites (tertiary alicyclic amines) is 1. The largest absolute Gasteiger partial charge is 0.467 e. The lowest BCUT2D eigenvalue weighted by Gasteiger charge is -2.35. The van der Waals surface area contributed by atoms with Gasteiger partial charge >= 0.3 is 0 Å². The van der Waals surface area contributed by atoms with Crippen LogP contribution in [-0.2, 0) is 16.1 Å². The van der Waals surface area contributed by atoms with Crippen molar-refractivity contribution in [3.63, 3.8) is 0 Å². The quantitative estimate of drug-likeness (QED) is 0.865. The minimum Gasteiger partial charge on any atom is -0.467 e. The van der Waals surface area contributed by atoms with Crippen LogP contribution in [0.5, 0.6) is 0 Å². The first-order chi connectivity index (χ1) is 9.91. The molecule has 2 heterocycles. The summed E-state index contributed by atoms with van der Waals surface area (Å²) in [4.78, 5) is 26.7. The van der Waals surface area contributed by atoms with Crippen LogP contribution in [0, 0.1) is 11.3 Å². The van der Waals surface area contributed by atoms with Crippen molar-refractivity contribution in [2.75, 3.05) is 13.1 Å². The highest BCUT2D eigenvalue weighted by molar-refractivity contribution is 6.04. The third-order valence-electron chi connectivity index (χ3n) is 4.18. The molecule has 5 heteroatoms. The Hall–Kier alpha value is -1.78. The van der Waals surface area contributed by atoms with Crippen molar-refractivity contribution in [2.24, 2.45) is 11.3 Å². The first-order valence-corrected chi connectivity index (χ1v) is 7.51. The average molecular weight is 292 g/mol. The number of carbonyl (C=O) groups is 2. The molecule has 0 aromatic carbocycles. The zero-order valence-electron chi connectivity index (χ0n) is 13.0. The second-order valence-corrected chi connectivity index (χ2v) is 6.36. The Morgan fingerprint density at radius 1 is 1.38 bits per heavy atom. The fourth-order valence-corrected chi connectivity index (χ4v) is 2.51. The van der Waals surface area contributed by atoms with E-state index < -0.39 is 5.41 Å². The minimum atomic E-state index is -1.05. The molecule has 116 valence electrons. The molecule has 2 amide bonds. The normalized spacial score (nSPS) is 16.8. The van der Waals surface area contributed by atoms with E-state index in [1.54, 1.807) is 32.2 Å². The molecular weight excluding hydrogens is 268 g/mol. The summed E-state index contributed by atoms with van der Waals surface area (Å²) >= 11 is 0. The average Bonchev–Trinajstić information content (AvgIpc) is 2.98. The Balaban J connectivity index is 1.92. The van der Waals surface area contributed by atoms with Crippen LogP contribution in [0.15, 0.2) is 22.8 Å². The number of amides is 2. The van der Waals surface area contributed by atoms with Crippen molar-refractivity contribution in [1.29, 1.82) is 0 Å². The van der Waals surface area contributed by atoms with E-state index in [2.05, 4.69) is 12.2 Å². The summed E-state index contributed by atoms with van der Waals surface area (Å²) in [5.74, 6) is 0.984. The zero-order chi connectivity index (χ0) is 15.5. The van der Waals surface area contributed by atoms with Crippen LogP contribution >= 0.6 is 0 Å². The number of carbonyl (C=O) groups excluding carboxylic acids is 2. The Kier molecular flexibility index (Phi) is 4.70. The molecule has 5 nitrogen and oxygen atoms in total. The molecule has 0 spiro atoms. The second kappa shape index (κ2) is 6.33. The third-order valence-corrected chi connectivity index (χ3v) is 4.18. The number of hydrogen-bond donors (Lipinski definition) is 1. The third kappa shape index (κ3) is 3.65. The summed E-state index contributed by atoms with van der Waals surface area (Å²) in [6.45, 7) is 7.36. The fourth-order valence-electron chi connectivity index (χ4n) is 2.51. The molecule has 0 radical (unpaired) electrons. The molecule has 0 aliphatic carbocycles. The summed E-state index contributed by atoms with van der Waals surface area (Å²) in [6, 6.07) is 3.56. The predicted molar refractivity (Wildman–Crippen MR) is 79.3 cm³/mol. The molecule has 0 bridgehead atoms. The van der Waals surface area contributed by atoms with Gasteiger partial charge in [-0.05, 0) is 44.7 Å². The van der Waals surface area contributed by atoms with Crippen LogP contribution < -0.4 is 5.32 Å². The van der Waals surface area contributed by atoms with Gasteiger partial charge in [0, 0.05) is 13.1 Å². The van der Waals surface area contributed by atoms with E-state index in [9.17, 15) is 9.59 Å². The molecule has 0 atom stereocenters. The first-order valence-electron chi connectivity index (χ1n) is 7.51. The first kappa shape index (κ1) is 15.6. The standard InChI is InChI=1S/C16H24N2O3/c1-12-6-8-18(9-7-12)15(20)16(2,3)14(19)17-11-13-5-4-10-21-13/h4-5,10,12H,6-9,11H2,1-3H3,(H,17,19). The van der Waals surface area contributed by atoms with Crippen LogP contribution in [0.4, 0.5) is 0 Å². The number of nitrogens with zero attached hydrogens (tertiary/aromatic N) is 1. The molecule has 1 aromatic heterocycles. The van der Waals surface area contributed by atoms with Crippen LogP contribution in [0.2, 0.25) is 0 Å². The Morgan fingerprint density at radius 2 is 2.05 bits per heavy atom. The molecule has 1 fully saturated rings. The number of piperidine rings is 1. The van der Waals surface area contributed by atoms with Gasteiger partial charge < -0.3 is 14.6 Å². The SMILES string of the molecule is CC1CCN(C(=O)C(C)(C)C(=O)NCc2ccco2)CC1. The van der Waals surface area contributed by atoms with Crippen molar-refractivity contribution in [2.45, 2.75) is 40.2 Å². The maximum absolute atomic E-state index is 12.6. The number of hydrogen-bond acceptors (Lipinski definition) is 3. The van der Waals surface area contributed by atoms with Crippen molar-refractivity contribution in [3.8, 4) is 0 Å². The van der Waals surface area contributed by atoms with Crippen LogP contribution in [0.1, 0.15) is 39.4 Å². The highest BCUT2D eigenvalue weighted by Crippen LogP contribution is 2.24. The fraction of sp³-hybridized carbons (Fsp3) is 0.625. The molecule has 1 saturated heterocycles. The van der Waals surface area contributed by atoms with E-state index in [4.69, 9.17) is 4.42 Å². The van der Waals surface area contributed by atoms with Crippen molar-refractivity contribution >= 4 is 11.8 Å². The predicted octanol–water partition coefficient (Wildman–Crippen LogP) is 2.18. The van der Waals surface area contributed by atoms with Crippen LogP contribution in [0.3, 0.4) is 0 Å². The molecule has 1 aliphatic rings. The van der Waals surface area contributed by atoms with E-state index in [1.807, 2.05) is 4.90 Å². The van der Waals surface area contributed by atoms with E-state index in [0.29, 0.717) is 18.2 Å². The molecule has 0 unspecified atom stereocenters. The Labute approximate surface area is 125 Å². The maximum Gasteiger partial charge on any atom is 0.237 e. The Bertz CT molecular complexity index is 486. The lowest BCUT2D eigenvalue weighted by Crippen LogP contribution is -2.51. The molecule has 21 heavy (non-hydrogen) atoms. The summed E-state index contributed by atoms with van der Waals surface area (Å²) in [5.41, 5.74) is -1.05. The van der Waals surface area contributed by atoms with E-state index in [0.717, 1.165) is 25.9 Å². The van der Waals surface area contributed by atoms with E-state index in [1.165, 1.54) is 0 Å². The number of furan rings is 1. The van der Waals surface area contributed by atoms with Gasteiger partial charge in [-0.25, -0.2) is 0 Å². The van der Waals surface area contributed by atoms with Gasteiger partial charge in [0.25, 0.3) is 0 Å². The minimum absolute atomic E-state index is 0.0913. The topological polar surface area (TPSA) is 62.6 Å². The van der Waals surface area contributed by atoms with Gasteiger partial charge in [0.1, 0.15) is 11.2 Å². The summed E-state index contributed by atoms with van der Waals surface area (Å²) in [6.07, 6.45) is 3.58. The van der Waals surface area contributed by atoms with E-state index in [-0.39, 0.29) is 11.8 Å². The van der Waals surface area contributed by atoms with Gasteiger partial charge in [0.2, 0.25) is 11.8 Å². The lowest BCUT2D eigenvalue weighted by molar-refractivity contribution is -0.149. The maximum atomic E-state index is 12.6. The van der Waals surface area contributed by atoms with Crippen LogP contribution in [0.25, 0.3) is 0 Å². The molecule has 1 aliphatic heterocycles. The second-order valence-electron chi connectivity index (χ2n) is 6.36. The summed E-state index contributed by atoms with van der Waals surface area (Å²) in [7, 11) is 0. The zero-order valence-corrected chi connectivity index (χ0v) is 13.0. The van der Waals surface area contributed by atoms with E-state index >= 15 is 0 Å². The smallest absolute Gasteiger partial charge is 0.237 e. The number of rotatable bonds is 4. The van der Waals surface area contributed by atoms with Gasteiger partial charge in [0.05, 0.1) is 12.8 Å². The lowest BCUT2D eigenvalue weighted by atomic mass is 9.88. The monoisotopic (exact) mass is 292 g/mol. The molecule has 1 N–H and O–H groups in total. The van der Waals surface area contributed by atoms with Gasteiger partial charge in [-0.2, -0.15) is 0 Å². The Morgan fingerprint density at radius 3 is 2.62 bits per heavy atom. The molecule has 2 rings (SSSR count). The van der Waals surface area contributed by atoms with Gasteiger partial charge in [-0.3, -0.25) is 9.59 Å². The molecule has 1 aromatic rings. The summed E-state index contributed by atoms with van der Waals surface area (Å²) < 4.78 is 5.18. The van der Waals surface area contributed by atoms with Crippen molar-refractivity contribution in [1.82, 2.24) is 10.2 Å². The molecule has 0 saturated carbocycles. The van der Waals surface area contributed by atoms with Gasteiger partial charge in [0.15, 0.2) is 0 Å². The van der Waals surface area contributed by atoms with Gasteiger partial charge in [-0.15, -0.1) is 0 Å².